The fourth-order valence-electron chi connectivity index (χ4n) is 3.41. The molecule has 3 rings (SSSR count). The Bertz CT molecular complexity index is 731. The number of anilines is 1. The van der Waals surface area contributed by atoms with Crippen molar-refractivity contribution in [1.82, 2.24) is 4.90 Å². The molecule has 0 radical (unpaired) electrons. The van der Waals surface area contributed by atoms with Crippen LogP contribution in [-0.4, -0.2) is 37.0 Å². The quantitative estimate of drug-likeness (QED) is 0.832. The molecular weight excluding hydrogens is 381 g/mol. The van der Waals surface area contributed by atoms with E-state index in [1.165, 1.54) is 16.8 Å². The first-order valence-electron chi connectivity index (χ1n) is 8.95. The summed E-state index contributed by atoms with van der Waals surface area (Å²) < 4.78 is 0. The second kappa shape index (κ2) is 10.5. The van der Waals surface area contributed by atoms with E-state index in [1.54, 1.807) is 0 Å². The third-order valence-electron chi connectivity index (χ3n) is 5.17. The highest BCUT2D eigenvalue weighted by atomic mass is 35.5. The lowest BCUT2D eigenvalue weighted by atomic mass is 10.0. The average Bonchev–Trinajstić information content (AvgIpc) is 2.65. The van der Waals surface area contributed by atoms with Crippen molar-refractivity contribution in [3.63, 3.8) is 0 Å². The molecule has 2 aromatic rings. The van der Waals surface area contributed by atoms with Gasteiger partial charge in [-0.3, -0.25) is 4.79 Å². The molecule has 0 bridgehead atoms. The number of piperazine rings is 1. The molecule has 6 heteroatoms. The fraction of sp³-hybridized carbons (Fsp3) is 0.381. The summed E-state index contributed by atoms with van der Waals surface area (Å²) in [5.41, 5.74) is 11.1. The summed E-state index contributed by atoms with van der Waals surface area (Å²) >= 11 is 0. The molecule has 1 aliphatic rings. The van der Waals surface area contributed by atoms with Crippen LogP contribution in [0.15, 0.2) is 48.5 Å². The number of hydrogen-bond donors (Lipinski definition) is 1. The van der Waals surface area contributed by atoms with Gasteiger partial charge in [0.25, 0.3) is 0 Å². The van der Waals surface area contributed by atoms with Crippen molar-refractivity contribution in [2.45, 2.75) is 26.3 Å². The zero-order valence-corrected chi connectivity index (χ0v) is 17.6. The zero-order valence-electron chi connectivity index (χ0n) is 15.9. The zero-order chi connectivity index (χ0) is 17.8. The van der Waals surface area contributed by atoms with E-state index in [2.05, 4.69) is 36.9 Å². The molecule has 2 aromatic carbocycles. The first kappa shape index (κ1) is 23.3. The first-order chi connectivity index (χ1) is 12.1. The van der Waals surface area contributed by atoms with Crippen LogP contribution >= 0.6 is 24.8 Å². The largest absolute Gasteiger partial charge is 0.368 e. The molecule has 0 aliphatic carbocycles. The van der Waals surface area contributed by atoms with Gasteiger partial charge in [-0.25, -0.2) is 0 Å². The summed E-state index contributed by atoms with van der Waals surface area (Å²) in [5, 5.41) is 0. The van der Waals surface area contributed by atoms with E-state index in [0.29, 0.717) is 6.42 Å². The summed E-state index contributed by atoms with van der Waals surface area (Å²) in [4.78, 5) is 16.9. The Balaban J connectivity index is 0.00000182. The van der Waals surface area contributed by atoms with Crippen molar-refractivity contribution in [1.29, 1.82) is 0 Å². The minimum absolute atomic E-state index is 0. The Kier molecular flexibility index (Phi) is 9.10. The second-order valence-electron chi connectivity index (χ2n) is 6.81. The molecule has 27 heavy (non-hydrogen) atoms. The SMILES string of the molecule is Cc1cccc(N2CCN(C(=O)CC(N)c3ccccc3)CC2)c1C.Cl.Cl. The van der Waals surface area contributed by atoms with Crippen molar-refractivity contribution in [2.75, 3.05) is 31.1 Å². The monoisotopic (exact) mass is 409 g/mol. The first-order valence-corrected chi connectivity index (χ1v) is 8.95. The minimum atomic E-state index is -0.231. The van der Waals surface area contributed by atoms with Crippen LogP contribution < -0.4 is 10.6 Å². The van der Waals surface area contributed by atoms with E-state index in [9.17, 15) is 4.79 Å². The number of carbonyl (C=O) groups is 1. The number of aryl methyl sites for hydroxylation is 1. The standard InChI is InChI=1S/C21H27N3O.2ClH/c1-16-7-6-10-20(17(16)2)23-11-13-24(14-12-23)21(25)15-19(22)18-8-4-3-5-9-18;;/h3-10,19H,11-15,22H2,1-2H3;2*1H. The molecule has 4 nitrogen and oxygen atoms in total. The molecular formula is C21H29Cl2N3O. The Morgan fingerprint density at radius 2 is 1.59 bits per heavy atom. The molecule has 148 valence electrons. The lowest BCUT2D eigenvalue weighted by molar-refractivity contribution is -0.131. The third-order valence-corrected chi connectivity index (χ3v) is 5.17. The summed E-state index contributed by atoms with van der Waals surface area (Å²) in [6.07, 6.45) is 0.369. The van der Waals surface area contributed by atoms with Gasteiger partial charge in [-0.1, -0.05) is 42.5 Å². The smallest absolute Gasteiger partial charge is 0.224 e. The Hall–Kier alpha value is -1.75. The normalized spacial score (nSPS) is 14.8. The number of hydrogen-bond acceptors (Lipinski definition) is 3. The number of amides is 1. The third kappa shape index (κ3) is 5.61. The van der Waals surface area contributed by atoms with E-state index in [0.717, 1.165) is 31.7 Å². The van der Waals surface area contributed by atoms with Crippen molar-refractivity contribution in [3.05, 3.63) is 65.2 Å². The lowest BCUT2D eigenvalue weighted by Gasteiger charge is -2.37. The van der Waals surface area contributed by atoms with Gasteiger partial charge in [-0.2, -0.15) is 0 Å². The molecule has 1 unspecified atom stereocenters. The number of nitrogens with two attached hydrogens (primary N) is 1. The highest BCUT2D eigenvalue weighted by Gasteiger charge is 2.23. The van der Waals surface area contributed by atoms with Gasteiger partial charge in [0.05, 0.1) is 0 Å². The second-order valence-corrected chi connectivity index (χ2v) is 6.81. The van der Waals surface area contributed by atoms with Gasteiger partial charge in [0.15, 0.2) is 0 Å². The predicted molar refractivity (Wildman–Crippen MR) is 117 cm³/mol. The van der Waals surface area contributed by atoms with Crippen LogP contribution in [0.2, 0.25) is 0 Å². The van der Waals surface area contributed by atoms with Gasteiger partial charge in [0.1, 0.15) is 0 Å². The molecule has 1 aliphatic heterocycles. The van der Waals surface area contributed by atoms with Gasteiger partial charge in [-0.05, 0) is 36.6 Å². The van der Waals surface area contributed by atoms with Crippen LogP contribution in [0.1, 0.15) is 29.2 Å². The van der Waals surface area contributed by atoms with E-state index < -0.39 is 0 Å². The van der Waals surface area contributed by atoms with E-state index in [-0.39, 0.29) is 36.8 Å². The van der Waals surface area contributed by atoms with Crippen LogP contribution in [0.3, 0.4) is 0 Å². The highest BCUT2D eigenvalue weighted by Crippen LogP contribution is 2.24. The van der Waals surface area contributed by atoms with Crippen LogP contribution in [0.4, 0.5) is 5.69 Å². The number of halogens is 2. The topological polar surface area (TPSA) is 49.6 Å². The van der Waals surface area contributed by atoms with Crippen molar-refractivity contribution < 1.29 is 4.79 Å². The Labute approximate surface area is 174 Å². The molecule has 1 saturated heterocycles. The fourth-order valence-corrected chi connectivity index (χ4v) is 3.41. The van der Waals surface area contributed by atoms with Crippen LogP contribution in [0, 0.1) is 13.8 Å². The molecule has 2 N–H and O–H groups in total. The number of rotatable bonds is 4. The maximum Gasteiger partial charge on any atom is 0.224 e. The van der Waals surface area contributed by atoms with Crippen molar-refractivity contribution in [3.8, 4) is 0 Å². The number of benzene rings is 2. The minimum Gasteiger partial charge on any atom is -0.368 e. The van der Waals surface area contributed by atoms with E-state index >= 15 is 0 Å². The molecule has 1 amide bonds. The summed E-state index contributed by atoms with van der Waals surface area (Å²) in [5.74, 6) is 0.150. The summed E-state index contributed by atoms with van der Waals surface area (Å²) in [6.45, 7) is 7.57. The molecule has 1 atom stereocenters. The van der Waals surface area contributed by atoms with Crippen molar-refractivity contribution in [2.24, 2.45) is 5.73 Å². The van der Waals surface area contributed by atoms with Gasteiger partial charge in [0.2, 0.25) is 5.91 Å². The molecule has 0 spiro atoms. The molecule has 0 aromatic heterocycles. The highest BCUT2D eigenvalue weighted by molar-refractivity contribution is 5.85. The van der Waals surface area contributed by atoms with E-state index in [1.807, 2.05) is 35.2 Å². The molecule has 0 saturated carbocycles. The van der Waals surface area contributed by atoms with Crippen LogP contribution in [-0.2, 0) is 4.79 Å². The van der Waals surface area contributed by atoms with Crippen molar-refractivity contribution >= 4 is 36.4 Å². The van der Waals surface area contributed by atoms with Gasteiger partial charge >= 0.3 is 0 Å². The predicted octanol–water partition coefficient (Wildman–Crippen LogP) is 3.89. The van der Waals surface area contributed by atoms with Gasteiger partial charge < -0.3 is 15.5 Å². The van der Waals surface area contributed by atoms with Crippen LogP contribution in [0.25, 0.3) is 0 Å². The average molecular weight is 410 g/mol. The Morgan fingerprint density at radius 3 is 2.22 bits per heavy atom. The summed E-state index contributed by atoms with van der Waals surface area (Å²) in [6, 6.07) is 16.0. The maximum atomic E-state index is 12.6. The van der Waals surface area contributed by atoms with Crippen LogP contribution in [0.5, 0.6) is 0 Å². The maximum absolute atomic E-state index is 12.6. The summed E-state index contributed by atoms with van der Waals surface area (Å²) in [7, 11) is 0. The van der Waals surface area contributed by atoms with E-state index in [4.69, 9.17) is 5.73 Å². The van der Waals surface area contributed by atoms with Gasteiger partial charge in [-0.15, -0.1) is 24.8 Å². The van der Waals surface area contributed by atoms with Gasteiger partial charge in [0, 0.05) is 44.3 Å². The number of carbonyl (C=O) groups excluding carboxylic acids is 1. The number of nitrogens with zero attached hydrogens (tertiary/aromatic N) is 2. The Morgan fingerprint density at radius 1 is 0.963 bits per heavy atom. The lowest BCUT2D eigenvalue weighted by Crippen LogP contribution is -2.49. The molecule has 1 heterocycles. The molecule has 1 fully saturated rings.